The van der Waals surface area contributed by atoms with E-state index in [4.69, 9.17) is 28.4 Å². The van der Waals surface area contributed by atoms with Crippen LogP contribution < -0.4 is 5.32 Å². The van der Waals surface area contributed by atoms with E-state index in [-0.39, 0.29) is 18.9 Å². The van der Waals surface area contributed by atoms with Crippen molar-refractivity contribution in [1.29, 1.82) is 0 Å². The van der Waals surface area contributed by atoms with E-state index in [1.165, 1.54) is 6.42 Å². The second kappa shape index (κ2) is 44.9. The lowest BCUT2D eigenvalue weighted by Crippen LogP contribution is -2.66. The van der Waals surface area contributed by atoms with E-state index in [2.05, 4.69) is 109 Å². The second-order valence-electron chi connectivity index (χ2n) is 21.1. The zero-order valence-corrected chi connectivity index (χ0v) is 48.7. The molecular formula is C63H103NO18. The van der Waals surface area contributed by atoms with Crippen molar-refractivity contribution < 1.29 is 89.4 Å². The molecule has 17 unspecified atom stereocenters. The van der Waals surface area contributed by atoms with Crippen LogP contribution in [0.4, 0.5) is 0 Å². The molecule has 3 rings (SSSR count). The number of carbonyl (C=O) groups excluding carboxylic acids is 1. The van der Waals surface area contributed by atoms with Gasteiger partial charge in [-0.1, -0.05) is 175 Å². The quantitative estimate of drug-likeness (QED) is 0.0264. The summed E-state index contributed by atoms with van der Waals surface area (Å²) < 4.78 is 34.0. The van der Waals surface area contributed by atoms with Crippen molar-refractivity contribution in [3.05, 3.63) is 109 Å². The first-order chi connectivity index (χ1) is 39.8. The van der Waals surface area contributed by atoms with Gasteiger partial charge in [0.05, 0.1) is 38.6 Å². The summed E-state index contributed by atoms with van der Waals surface area (Å²) in [5.41, 5.74) is 0. The topological polar surface area (TPSA) is 307 Å². The molecule has 0 radical (unpaired) electrons. The fourth-order valence-electron chi connectivity index (χ4n) is 9.37. The molecule has 0 aromatic heterocycles. The number of hydrogen-bond acceptors (Lipinski definition) is 18. The Balaban J connectivity index is 1.32. The van der Waals surface area contributed by atoms with Crippen molar-refractivity contribution in [2.24, 2.45) is 0 Å². The van der Waals surface area contributed by atoms with Crippen LogP contribution in [0.5, 0.6) is 0 Å². The van der Waals surface area contributed by atoms with Crippen LogP contribution in [0.3, 0.4) is 0 Å². The minimum absolute atomic E-state index is 0.223. The van der Waals surface area contributed by atoms with Crippen LogP contribution in [0.25, 0.3) is 0 Å². The lowest BCUT2D eigenvalue weighted by atomic mass is 9.96. The van der Waals surface area contributed by atoms with Crippen LogP contribution >= 0.6 is 0 Å². The highest BCUT2D eigenvalue weighted by molar-refractivity contribution is 5.76. The van der Waals surface area contributed by atoms with Crippen LogP contribution in [0, 0.1) is 0 Å². The number of carbonyl (C=O) groups is 1. The fourth-order valence-corrected chi connectivity index (χ4v) is 9.37. The normalized spacial score (nSPS) is 30.4. The van der Waals surface area contributed by atoms with Crippen LogP contribution in [0.15, 0.2) is 109 Å². The summed E-state index contributed by atoms with van der Waals surface area (Å²) in [6, 6.07) is -0.981. The molecule has 82 heavy (non-hydrogen) atoms. The molecule has 0 aromatic rings. The monoisotopic (exact) mass is 1160 g/mol. The first-order valence-electron chi connectivity index (χ1n) is 30.1. The van der Waals surface area contributed by atoms with E-state index in [1.807, 2.05) is 13.0 Å². The van der Waals surface area contributed by atoms with E-state index >= 15 is 0 Å². The molecule has 0 saturated carbocycles. The summed E-state index contributed by atoms with van der Waals surface area (Å²) in [6.45, 7) is 1.39. The van der Waals surface area contributed by atoms with Crippen molar-refractivity contribution in [3.63, 3.8) is 0 Å². The molecule has 0 bridgehead atoms. The van der Waals surface area contributed by atoms with Gasteiger partial charge < -0.3 is 89.9 Å². The molecule has 12 N–H and O–H groups in total. The van der Waals surface area contributed by atoms with Gasteiger partial charge in [-0.15, -0.1) is 0 Å². The summed E-state index contributed by atoms with van der Waals surface area (Å²) in [7, 11) is 0. The first kappa shape index (κ1) is 72.7. The number of amides is 1. The first-order valence-corrected chi connectivity index (χ1v) is 30.1. The maximum absolute atomic E-state index is 13.2. The Labute approximate surface area is 487 Å². The molecule has 3 aliphatic rings. The van der Waals surface area contributed by atoms with Gasteiger partial charge in [-0.25, -0.2) is 0 Å². The van der Waals surface area contributed by atoms with Crippen molar-refractivity contribution in [2.45, 2.75) is 253 Å². The number of allylic oxidation sites excluding steroid dienone is 17. The summed E-state index contributed by atoms with van der Waals surface area (Å²) in [5.74, 6) is -0.301. The van der Waals surface area contributed by atoms with Gasteiger partial charge >= 0.3 is 0 Å². The molecule has 468 valence electrons. The van der Waals surface area contributed by atoms with Gasteiger partial charge in [0.15, 0.2) is 18.9 Å². The van der Waals surface area contributed by atoms with Gasteiger partial charge in [0, 0.05) is 6.42 Å². The number of aliphatic hydroxyl groups excluding tert-OH is 11. The van der Waals surface area contributed by atoms with Crippen molar-refractivity contribution in [1.82, 2.24) is 5.32 Å². The highest BCUT2D eigenvalue weighted by Crippen LogP contribution is 2.33. The maximum Gasteiger partial charge on any atom is 0.220 e. The molecule has 0 spiro atoms. The van der Waals surface area contributed by atoms with E-state index < -0.39 is 124 Å². The molecule has 17 atom stereocenters. The van der Waals surface area contributed by atoms with Gasteiger partial charge in [-0.05, 0) is 77.0 Å². The molecule has 3 heterocycles. The molecule has 1 amide bonds. The maximum atomic E-state index is 13.2. The Morgan fingerprint density at radius 1 is 0.451 bits per heavy atom. The lowest BCUT2D eigenvalue weighted by Gasteiger charge is -2.48. The average molecular weight is 1160 g/mol. The number of rotatable bonds is 42. The zero-order chi connectivity index (χ0) is 59.7. The third kappa shape index (κ3) is 28.1. The van der Waals surface area contributed by atoms with Gasteiger partial charge in [0.2, 0.25) is 5.91 Å². The minimum Gasteiger partial charge on any atom is -0.394 e. The Kier molecular flexibility index (Phi) is 39.8. The third-order valence-electron chi connectivity index (χ3n) is 14.3. The average Bonchev–Trinajstić information content (AvgIpc) is 3.49. The predicted molar refractivity (Wildman–Crippen MR) is 313 cm³/mol. The van der Waals surface area contributed by atoms with E-state index in [9.17, 15) is 61.0 Å². The third-order valence-corrected chi connectivity index (χ3v) is 14.3. The van der Waals surface area contributed by atoms with E-state index in [0.29, 0.717) is 12.8 Å². The van der Waals surface area contributed by atoms with Gasteiger partial charge in [0.25, 0.3) is 0 Å². The smallest absolute Gasteiger partial charge is 0.220 e. The summed E-state index contributed by atoms with van der Waals surface area (Å²) >= 11 is 0. The van der Waals surface area contributed by atoms with Crippen molar-refractivity contribution in [3.8, 4) is 0 Å². The lowest BCUT2D eigenvalue weighted by molar-refractivity contribution is -0.379. The van der Waals surface area contributed by atoms with Crippen molar-refractivity contribution in [2.75, 3.05) is 26.4 Å². The van der Waals surface area contributed by atoms with Crippen LogP contribution in [0.2, 0.25) is 0 Å². The number of ether oxygens (including phenoxy) is 6. The Hall–Kier alpha value is -3.55. The van der Waals surface area contributed by atoms with Gasteiger partial charge in [0.1, 0.15) is 73.2 Å². The number of unbranched alkanes of at least 4 members (excludes halogenated alkanes) is 10. The molecule has 0 aliphatic carbocycles. The van der Waals surface area contributed by atoms with E-state index in [0.717, 1.165) is 109 Å². The SMILES string of the molecule is CC/C=C\C/C=C\C/C=C\C/C=C\C/C=C\C/C=C\C/C=C\C/C=C\CCCCCCCCCCC(=O)NC(COC1OC(CO)C(OC2OC(CO)C(OC3OC(CO)C(O)C(O)C3O)C(O)C2O)C(O)C1O)C(O)/C=C/CCCC. The molecule has 3 fully saturated rings. The Morgan fingerprint density at radius 3 is 1.30 bits per heavy atom. The number of hydrogen-bond donors (Lipinski definition) is 12. The molecule has 19 nitrogen and oxygen atoms in total. The van der Waals surface area contributed by atoms with Crippen LogP contribution in [-0.2, 0) is 33.2 Å². The fraction of sp³-hybridized carbons (Fsp3) is 0.698. The van der Waals surface area contributed by atoms with E-state index in [1.54, 1.807) is 6.08 Å². The molecular weight excluding hydrogens is 1060 g/mol. The Morgan fingerprint density at radius 2 is 0.841 bits per heavy atom. The van der Waals surface area contributed by atoms with Crippen molar-refractivity contribution >= 4 is 5.91 Å². The Bertz CT molecular complexity index is 1920. The summed E-state index contributed by atoms with van der Waals surface area (Å²) in [6.07, 6.45) is 31.8. The summed E-state index contributed by atoms with van der Waals surface area (Å²) in [5, 5.41) is 119. The van der Waals surface area contributed by atoms with Crippen LogP contribution in [-0.4, -0.2) is 193 Å². The zero-order valence-electron chi connectivity index (χ0n) is 48.7. The molecule has 0 aromatic carbocycles. The molecule has 3 saturated heterocycles. The molecule has 19 heteroatoms. The second-order valence-corrected chi connectivity index (χ2v) is 21.1. The highest BCUT2D eigenvalue weighted by atomic mass is 16.8. The highest BCUT2D eigenvalue weighted by Gasteiger charge is 2.53. The van der Waals surface area contributed by atoms with Crippen LogP contribution in [0.1, 0.15) is 149 Å². The number of aliphatic hydroxyl groups is 11. The molecule has 3 aliphatic heterocycles. The minimum atomic E-state index is -1.98. The predicted octanol–water partition coefficient (Wildman–Crippen LogP) is 5.53. The standard InChI is InChI=1S/C63H103NO18/c1-3-5-7-9-10-11-12-13-14-15-16-17-18-19-20-21-22-23-24-25-26-27-28-29-30-31-32-33-34-35-36-37-39-41-51(69)64-46(47(68)40-38-8-6-4-2)45-77-61-57(75)54(72)59(49(43-66)79-61)82-63-58(76)55(73)60(50(44-67)80-63)81-62-56(74)53(71)52(70)48(42-65)78-62/h5,7,10-11,13-14,16-17,19-20,22-23,25-26,28-29,38,40,46-50,52-63,65-68,70-76H,3-4,6,8-9,12,15,18,21,24,27,30-37,39,41-45H2,1-2H3,(H,64,69)/b7-5-,11-10-,14-13-,17-16-,20-19-,23-22-,26-25-,29-28-,40-38+. The number of nitrogens with one attached hydrogen (secondary N) is 1. The van der Waals surface area contributed by atoms with Gasteiger partial charge in [-0.2, -0.15) is 0 Å². The largest absolute Gasteiger partial charge is 0.394 e. The summed E-state index contributed by atoms with van der Waals surface area (Å²) in [4.78, 5) is 13.2. The van der Waals surface area contributed by atoms with Gasteiger partial charge in [-0.3, -0.25) is 4.79 Å².